The maximum absolute atomic E-state index is 2.47. The molecule has 15 heavy (non-hydrogen) atoms. The van der Waals surface area contributed by atoms with Crippen molar-refractivity contribution in [2.75, 3.05) is 6.54 Å². The first-order valence-electron chi connectivity index (χ1n) is 5.14. The number of aryl methyl sites for hydroxylation is 1. The van der Waals surface area contributed by atoms with E-state index in [1.165, 1.54) is 31.6 Å². The molecule has 4 heteroatoms. The summed E-state index contributed by atoms with van der Waals surface area (Å²) in [5.74, 6) is 0. The second kappa shape index (κ2) is 7.36. The van der Waals surface area contributed by atoms with E-state index >= 15 is 0 Å². The van der Waals surface area contributed by atoms with E-state index in [1.807, 2.05) is 0 Å². The predicted octanol–water partition coefficient (Wildman–Crippen LogP) is -5.98. The molecule has 2 N–H and O–H groups in total. The normalized spacial score (nSPS) is 19.1. The summed E-state index contributed by atoms with van der Waals surface area (Å²) in [6, 6.07) is 7.20. The monoisotopic (exact) mass is 336 g/mol. The van der Waals surface area contributed by atoms with Crippen molar-refractivity contribution in [3.05, 3.63) is 30.1 Å². The highest BCUT2D eigenvalue weighted by Gasteiger charge is 2.22. The van der Waals surface area contributed by atoms with Gasteiger partial charge in [0.2, 0.25) is 0 Å². The summed E-state index contributed by atoms with van der Waals surface area (Å²) in [6.07, 6.45) is 4.94. The lowest BCUT2D eigenvalue weighted by atomic mass is 10.2. The molecule has 1 atom stereocenters. The largest absolute Gasteiger partial charge is 1.00 e. The van der Waals surface area contributed by atoms with E-state index in [1.54, 1.807) is 0 Å². The van der Waals surface area contributed by atoms with Gasteiger partial charge in [0.15, 0.2) is 18.4 Å². The highest BCUT2D eigenvalue weighted by atomic mass is 79.9. The maximum atomic E-state index is 2.47. The number of nitrogens with two attached hydrogens (primary N) is 1. The maximum Gasteiger partial charge on any atom is 0.199 e. The molecule has 1 aliphatic heterocycles. The lowest BCUT2D eigenvalue weighted by Gasteiger charge is -2.04. The topological polar surface area (TPSA) is 20.5 Å². The average molecular weight is 338 g/mol. The zero-order valence-corrected chi connectivity index (χ0v) is 12.2. The summed E-state index contributed by atoms with van der Waals surface area (Å²) in [6.45, 7) is 4.67. The van der Waals surface area contributed by atoms with Crippen LogP contribution in [0.1, 0.15) is 18.5 Å². The van der Waals surface area contributed by atoms with Gasteiger partial charge in [-0.15, -0.1) is 0 Å². The van der Waals surface area contributed by atoms with Crippen molar-refractivity contribution in [3.63, 3.8) is 0 Å². The van der Waals surface area contributed by atoms with Crippen molar-refractivity contribution in [3.8, 4) is 0 Å². The molecule has 86 valence electrons. The van der Waals surface area contributed by atoms with Gasteiger partial charge in [0.1, 0.15) is 6.04 Å². The molecule has 0 unspecified atom stereocenters. The van der Waals surface area contributed by atoms with E-state index in [9.17, 15) is 0 Å². The molecular formula is C11H18Br2N2. The summed E-state index contributed by atoms with van der Waals surface area (Å²) in [4.78, 5) is 0. The summed E-state index contributed by atoms with van der Waals surface area (Å²) in [7, 11) is 0. The SMILES string of the molecule is Cc1cccc[n+]1C[C@@H]1CCC[NH2+]1.[Br-].[Br-]. The van der Waals surface area contributed by atoms with E-state index in [-0.39, 0.29) is 34.0 Å². The number of rotatable bonds is 2. The lowest BCUT2D eigenvalue weighted by molar-refractivity contribution is -0.769. The number of pyridine rings is 1. The molecule has 1 fully saturated rings. The molecule has 0 amide bonds. The number of hydrogen-bond acceptors (Lipinski definition) is 0. The number of aromatic nitrogens is 1. The van der Waals surface area contributed by atoms with Crippen LogP contribution in [-0.4, -0.2) is 12.6 Å². The molecule has 0 bridgehead atoms. The quantitative estimate of drug-likeness (QED) is 0.519. The Hall–Kier alpha value is 0.0700. The van der Waals surface area contributed by atoms with E-state index in [0.717, 1.165) is 6.04 Å². The lowest BCUT2D eigenvalue weighted by Crippen LogP contribution is -3.00. The van der Waals surface area contributed by atoms with E-state index < -0.39 is 0 Å². The van der Waals surface area contributed by atoms with Gasteiger partial charge in [-0.1, -0.05) is 6.07 Å². The molecular weight excluding hydrogens is 320 g/mol. The van der Waals surface area contributed by atoms with Crippen LogP contribution < -0.4 is 43.8 Å². The molecule has 2 nitrogen and oxygen atoms in total. The van der Waals surface area contributed by atoms with Gasteiger partial charge in [0.25, 0.3) is 0 Å². The Morgan fingerprint density at radius 2 is 2.20 bits per heavy atom. The Morgan fingerprint density at radius 1 is 1.40 bits per heavy atom. The van der Waals surface area contributed by atoms with Gasteiger partial charge >= 0.3 is 0 Å². The fourth-order valence-electron chi connectivity index (χ4n) is 2.04. The third-order valence-corrected chi connectivity index (χ3v) is 2.88. The second-order valence-corrected chi connectivity index (χ2v) is 3.92. The molecule has 1 aromatic heterocycles. The minimum Gasteiger partial charge on any atom is -1.00 e. The number of quaternary nitrogens is 1. The van der Waals surface area contributed by atoms with Gasteiger partial charge in [-0.25, -0.2) is 0 Å². The smallest absolute Gasteiger partial charge is 0.199 e. The fourth-order valence-corrected chi connectivity index (χ4v) is 2.04. The van der Waals surface area contributed by atoms with Crippen molar-refractivity contribution in [1.82, 2.24) is 0 Å². The highest BCUT2D eigenvalue weighted by molar-refractivity contribution is 4.94. The highest BCUT2D eigenvalue weighted by Crippen LogP contribution is 1.98. The van der Waals surface area contributed by atoms with Gasteiger partial charge in [0.05, 0.1) is 6.54 Å². The molecule has 1 aliphatic rings. The Bertz CT molecular complexity index is 286. The number of hydrogen-bond donors (Lipinski definition) is 1. The molecule has 2 heterocycles. The van der Waals surface area contributed by atoms with E-state index in [2.05, 4.69) is 41.2 Å². The number of nitrogens with zero attached hydrogens (tertiary/aromatic N) is 1. The van der Waals surface area contributed by atoms with Gasteiger partial charge in [-0.2, -0.15) is 4.57 Å². The Labute approximate surface area is 113 Å². The molecule has 1 aromatic rings. The first-order valence-corrected chi connectivity index (χ1v) is 5.14. The molecule has 0 saturated carbocycles. The standard InChI is InChI=1S/C11H17N2.2BrH/c1-10-5-2-3-8-13(10)9-11-6-4-7-12-11;;/h2-3,5,8,11-12H,4,6-7,9H2,1H3;2*1H/q+1;;/p-1/t11-;;/m0../s1. The summed E-state index contributed by atoms with van der Waals surface area (Å²) in [5, 5.41) is 2.47. The van der Waals surface area contributed by atoms with Crippen LogP contribution in [0.15, 0.2) is 24.4 Å². The zero-order chi connectivity index (χ0) is 9.10. The van der Waals surface area contributed by atoms with Crippen LogP contribution in [0.4, 0.5) is 0 Å². The first kappa shape index (κ1) is 15.1. The minimum absolute atomic E-state index is 0. The fraction of sp³-hybridized carbons (Fsp3) is 0.545. The van der Waals surface area contributed by atoms with E-state index in [0.29, 0.717) is 0 Å². The Balaban J connectivity index is 0.000000980. The third kappa shape index (κ3) is 4.21. The molecule has 0 spiro atoms. The van der Waals surface area contributed by atoms with Crippen molar-refractivity contribution in [1.29, 1.82) is 0 Å². The van der Waals surface area contributed by atoms with Gasteiger partial charge in [-0.3, -0.25) is 0 Å². The van der Waals surface area contributed by atoms with Crippen LogP contribution in [-0.2, 0) is 6.54 Å². The first-order chi connectivity index (χ1) is 6.36. The van der Waals surface area contributed by atoms with Gasteiger partial charge in [0, 0.05) is 31.9 Å². The molecule has 0 radical (unpaired) electrons. The van der Waals surface area contributed by atoms with Gasteiger partial charge in [-0.05, 0) is 0 Å². The number of halogens is 2. The zero-order valence-electron chi connectivity index (χ0n) is 9.00. The van der Waals surface area contributed by atoms with Crippen LogP contribution in [0.3, 0.4) is 0 Å². The predicted molar refractivity (Wildman–Crippen MR) is 51.2 cm³/mol. The second-order valence-electron chi connectivity index (χ2n) is 3.92. The Morgan fingerprint density at radius 3 is 2.80 bits per heavy atom. The minimum atomic E-state index is 0. The van der Waals surface area contributed by atoms with Crippen LogP contribution >= 0.6 is 0 Å². The third-order valence-electron chi connectivity index (χ3n) is 2.88. The molecule has 0 aliphatic carbocycles. The summed E-state index contributed by atoms with van der Waals surface area (Å²) >= 11 is 0. The van der Waals surface area contributed by atoms with E-state index in [4.69, 9.17) is 0 Å². The van der Waals surface area contributed by atoms with Crippen LogP contribution in [0.2, 0.25) is 0 Å². The summed E-state index contributed by atoms with van der Waals surface area (Å²) < 4.78 is 2.35. The van der Waals surface area contributed by atoms with Crippen molar-refractivity contribution in [2.24, 2.45) is 0 Å². The van der Waals surface area contributed by atoms with Crippen molar-refractivity contribution < 1.29 is 43.8 Å². The van der Waals surface area contributed by atoms with Crippen molar-refractivity contribution in [2.45, 2.75) is 32.4 Å². The van der Waals surface area contributed by atoms with Crippen LogP contribution in [0.5, 0.6) is 0 Å². The summed E-state index contributed by atoms with van der Waals surface area (Å²) in [5.41, 5.74) is 1.36. The van der Waals surface area contributed by atoms with Crippen molar-refractivity contribution >= 4 is 0 Å². The van der Waals surface area contributed by atoms with Crippen LogP contribution in [0.25, 0.3) is 0 Å². The Kier molecular flexibility index (Phi) is 7.40. The van der Waals surface area contributed by atoms with Gasteiger partial charge < -0.3 is 39.3 Å². The van der Waals surface area contributed by atoms with Crippen LogP contribution in [0, 0.1) is 6.92 Å². The molecule has 0 aromatic carbocycles. The molecule has 2 rings (SSSR count). The average Bonchev–Trinajstić information content (AvgIpc) is 2.61. The molecule has 1 saturated heterocycles.